The Kier molecular flexibility index (Phi) is 6.18. The SMILES string of the molecule is CCCCc1ccc(-c2ccc(-c3ccc(-c4ccc5c(c4)sc4ccccc45)c4nsnc34)c(F)c2)cc1. The van der Waals surface area contributed by atoms with Gasteiger partial charge in [0.15, 0.2) is 0 Å². The summed E-state index contributed by atoms with van der Waals surface area (Å²) in [6.45, 7) is 2.20. The molecule has 39 heavy (non-hydrogen) atoms. The maximum Gasteiger partial charge on any atom is 0.131 e. The van der Waals surface area contributed by atoms with Crippen molar-refractivity contribution >= 4 is 54.3 Å². The highest BCUT2D eigenvalue weighted by atomic mass is 32.1. The van der Waals surface area contributed by atoms with Gasteiger partial charge in [0.05, 0.1) is 11.7 Å². The van der Waals surface area contributed by atoms with Crippen molar-refractivity contribution in [3.63, 3.8) is 0 Å². The van der Waals surface area contributed by atoms with Crippen molar-refractivity contribution in [2.24, 2.45) is 0 Å². The van der Waals surface area contributed by atoms with E-state index >= 15 is 4.39 Å². The smallest absolute Gasteiger partial charge is 0.131 e. The van der Waals surface area contributed by atoms with Crippen LogP contribution in [0.1, 0.15) is 25.3 Å². The molecule has 0 fully saturated rings. The number of nitrogens with zero attached hydrogens (tertiary/aromatic N) is 2. The lowest BCUT2D eigenvalue weighted by Crippen LogP contribution is -1.90. The van der Waals surface area contributed by atoms with Gasteiger partial charge in [-0.05, 0) is 53.3 Å². The first-order chi connectivity index (χ1) is 19.2. The lowest BCUT2D eigenvalue weighted by atomic mass is 9.95. The number of unbranched alkanes of at least 4 members (excludes halogenated alkanes) is 1. The maximum absolute atomic E-state index is 15.6. The Hall–Kier alpha value is -3.93. The second kappa shape index (κ2) is 9.99. The average Bonchev–Trinajstić information content (AvgIpc) is 3.61. The topological polar surface area (TPSA) is 25.8 Å². The van der Waals surface area contributed by atoms with Gasteiger partial charge in [0.1, 0.15) is 16.9 Å². The minimum absolute atomic E-state index is 0.253. The van der Waals surface area contributed by atoms with Crippen LogP contribution in [0, 0.1) is 5.82 Å². The Bertz CT molecular complexity index is 1970. The highest BCUT2D eigenvalue weighted by Crippen LogP contribution is 2.40. The van der Waals surface area contributed by atoms with Crippen LogP contribution in [0.2, 0.25) is 0 Å². The third-order valence-corrected chi connectivity index (χ3v) is 9.13. The normalized spacial score (nSPS) is 11.6. The molecule has 2 heterocycles. The number of aromatic nitrogens is 2. The predicted molar refractivity (Wildman–Crippen MR) is 165 cm³/mol. The van der Waals surface area contributed by atoms with E-state index < -0.39 is 0 Å². The zero-order valence-electron chi connectivity index (χ0n) is 21.4. The number of halogens is 1. The van der Waals surface area contributed by atoms with Crippen LogP contribution in [-0.4, -0.2) is 8.75 Å². The molecule has 5 heteroatoms. The molecule has 0 aliphatic heterocycles. The summed E-state index contributed by atoms with van der Waals surface area (Å²) in [5, 5.41) is 2.55. The van der Waals surface area contributed by atoms with Crippen molar-refractivity contribution in [3.8, 4) is 33.4 Å². The van der Waals surface area contributed by atoms with Crippen LogP contribution in [-0.2, 0) is 6.42 Å². The average molecular weight is 545 g/mol. The van der Waals surface area contributed by atoms with Gasteiger partial charge in [0.2, 0.25) is 0 Å². The van der Waals surface area contributed by atoms with E-state index in [2.05, 4.69) is 88.5 Å². The van der Waals surface area contributed by atoms with Gasteiger partial charge >= 0.3 is 0 Å². The molecule has 2 aromatic heterocycles. The second-order valence-electron chi connectivity index (χ2n) is 9.93. The lowest BCUT2D eigenvalue weighted by Gasteiger charge is -2.10. The summed E-state index contributed by atoms with van der Waals surface area (Å²) in [7, 11) is 0. The van der Waals surface area contributed by atoms with E-state index in [1.54, 1.807) is 17.4 Å². The van der Waals surface area contributed by atoms with Crippen molar-refractivity contribution in [2.45, 2.75) is 26.2 Å². The van der Waals surface area contributed by atoms with Crippen molar-refractivity contribution in [1.29, 1.82) is 0 Å². The summed E-state index contributed by atoms with van der Waals surface area (Å²) < 4.78 is 27.3. The van der Waals surface area contributed by atoms with Gasteiger partial charge < -0.3 is 0 Å². The van der Waals surface area contributed by atoms with E-state index in [9.17, 15) is 0 Å². The molecule has 0 N–H and O–H groups in total. The molecule has 0 amide bonds. The molecular weight excluding hydrogens is 520 g/mol. The monoisotopic (exact) mass is 544 g/mol. The summed E-state index contributed by atoms with van der Waals surface area (Å²) in [5.41, 5.74) is 8.19. The van der Waals surface area contributed by atoms with Crippen molar-refractivity contribution < 1.29 is 4.39 Å². The standard InChI is InChI=1S/C34H25FN2S2/c1-2-3-6-21-9-11-22(12-10-21)23-13-15-26(30(35)19-23)29-18-17-25(33-34(29)37-39-36-33)24-14-16-28-27-7-4-5-8-31(27)38-32(28)20-24/h4-5,7-20H,2-3,6H2,1H3. The van der Waals surface area contributed by atoms with Crippen LogP contribution in [0.25, 0.3) is 64.6 Å². The summed E-state index contributed by atoms with van der Waals surface area (Å²) >= 11 is 2.97. The number of hydrogen-bond acceptors (Lipinski definition) is 4. The highest BCUT2D eigenvalue weighted by Gasteiger charge is 2.17. The molecule has 0 spiro atoms. The number of benzene rings is 5. The first kappa shape index (κ1) is 24.1. The Morgan fingerprint density at radius 2 is 1.33 bits per heavy atom. The van der Waals surface area contributed by atoms with E-state index in [0.29, 0.717) is 5.56 Å². The third kappa shape index (κ3) is 4.32. The van der Waals surface area contributed by atoms with Gasteiger partial charge in [-0.2, -0.15) is 8.75 Å². The molecule has 0 saturated carbocycles. The van der Waals surface area contributed by atoms with E-state index in [1.807, 2.05) is 18.2 Å². The fourth-order valence-electron chi connectivity index (χ4n) is 5.37. The maximum atomic E-state index is 15.6. The van der Waals surface area contributed by atoms with Crippen LogP contribution in [0.4, 0.5) is 4.39 Å². The first-order valence-electron chi connectivity index (χ1n) is 13.3. The van der Waals surface area contributed by atoms with Gasteiger partial charge in [0, 0.05) is 36.9 Å². The van der Waals surface area contributed by atoms with E-state index in [1.165, 1.54) is 50.3 Å². The minimum Gasteiger partial charge on any atom is -0.206 e. The van der Waals surface area contributed by atoms with E-state index in [0.717, 1.165) is 45.3 Å². The summed E-state index contributed by atoms with van der Waals surface area (Å²) in [5.74, 6) is -0.253. The molecule has 0 saturated heterocycles. The molecule has 190 valence electrons. The minimum atomic E-state index is -0.253. The molecule has 5 aromatic carbocycles. The van der Waals surface area contributed by atoms with Crippen LogP contribution in [0.3, 0.4) is 0 Å². The fourth-order valence-corrected chi connectivity index (χ4v) is 7.09. The number of fused-ring (bicyclic) bond motifs is 4. The second-order valence-corrected chi connectivity index (χ2v) is 11.5. The Morgan fingerprint density at radius 3 is 2.15 bits per heavy atom. The summed E-state index contributed by atoms with van der Waals surface area (Å²) in [6, 6.07) is 33.1. The summed E-state index contributed by atoms with van der Waals surface area (Å²) in [4.78, 5) is 0. The van der Waals surface area contributed by atoms with Gasteiger partial charge in [-0.1, -0.05) is 92.2 Å². The quantitative estimate of drug-likeness (QED) is 0.208. The van der Waals surface area contributed by atoms with Crippen molar-refractivity contribution in [1.82, 2.24) is 8.75 Å². The molecule has 0 bridgehead atoms. The largest absolute Gasteiger partial charge is 0.206 e. The molecule has 0 unspecified atom stereocenters. The predicted octanol–water partition coefficient (Wildman–Crippen LogP) is 10.5. The molecule has 7 aromatic rings. The molecule has 7 rings (SSSR count). The number of hydrogen-bond donors (Lipinski definition) is 0. The Labute approximate surface area is 234 Å². The molecular formula is C34H25FN2S2. The Balaban J connectivity index is 1.25. The molecule has 0 aliphatic carbocycles. The first-order valence-corrected chi connectivity index (χ1v) is 14.8. The molecule has 0 aliphatic rings. The van der Waals surface area contributed by atoms with Gasteiger partial charge in [-0.25, -0.2) is 4.39 Å². The highest BCUT2D eigenvalue weighted by molar-refractivity contribution is 7.25. The zero-order chi connectivity index (χ0) is 26.3. The van der Waals surface area contributed by atoms with Gasteiger partial charge in [-0.3, -0.25) is 0 Å². The number of rotatable bonds is 6. The number of thiophene rings is 1. The summed E-state index contributed by atoms with van der Waals surface area (Å²) in [6.07, 6.45) is 3.44. The van der Waals surface area contributed by atoms with Crippen LogP contribution in [0.5, 0.6) is 0 Å². The fraction of sp³-hybridized carbons (Fsp3) is 0.118. The third-order valence-electron chi connectivity index (χ3n) is 7.47. The molecule has 0 radical (unpaired) electrons. The number of aryl methyl sites for hydroxylation is 1. The van der Waals surface area contributed by atoms with Crippen molar-refractivity contribution in [2.75, 3.05) is 0 Å². The molecule has 0 atom stereocenters. The van der Waals surface area contributed by atoms with E-state index in [-0.39, 0.29) is 5.82 Å². The van der Waals surface area contributed by atoms with Crippen LogP contribution >= 0.6 is 23.1 Å². The lowest BCUT2D eigenvalue weighted by molar-refractivity contribution is 0.632. The van der Waals surface area contributed by atoms with Crippen molar-refractivity contribution in [3.05, 3.63) is 108 Å². The van der Waals surface area contributed by atoms with E-state index in [4.69, 9.17) is 0 Å². The van der Waals surface area contributed by atoms with Crippen LogP contribution in [0.15, 0.2) is 97.1 Å². The molecule has 2 nitrogen and oxygen atoms in total. The van der Waals surface area contributed by atoms with Crippen LogP contribution < -0.4 is 0 Å². The van der Waals surface area contributed by atoms with Gasteiger partial charge in [0.25, 0.3) is 0 Å². The van der Waals surface area contributed by atoms with Gasteiger partial charge in [-0.15, -0.1) is 11.3 Å². The Morgan fingerprint density at radius 1 is 0.641 bits per heavy atom. The zero-order valence-corrected chi connectivity index (χ0v) is 23.1.